The minimum Gasteiger partial charge on any atom is -0.349 e. The SMILES string of the molecule is C#CCC(C)NC(=O)c1cccc2nccnc12. The molecule has 1 N–H and O–H groups in total. The molecule has 0 saturated carbocycles. The second kappa shape index (κ2) is 5.28. The fourth-order valence-corrected chi connectivity index (χ4v) is 1.71. The molecular weight excluding hydrogens is 226 g/mol. The van der Waals surface area contributed by atoms with Gasteiger partial charge < -0.3 is 5.32 Å². The van der Waals surface area contributed by atoms with Crippen LogP contribution in [0.25, 0.3) is 11.0 Å². The van der Waals surface area contributed by atoms with E-state index in [0.717, 1.165) is 0 Å². The monoisotopic (exact) mass is 239 g/mol. The third kappa shape index (κ3) is 2.46. The summed E-state index contributed by atoms with van der Waals surface area (Å²) in [6.07, 6.45) is 8.89. The third-order valence-corrected chi connectivity index (χ3v) is 2.54. The van der Waals surface area contributed by atoms with Crippen molar-refractivity contribution in [3.05, 3.63) is 36.2 Å². The first-order chi connectivity index (χ1) is 8.72. The molecule has 2 rings (SSSR count). The molecule has 0 radical (unpaired) electrons. The van der Waals surface area contributed by atoms with E-state index in [2.05, 4.69) is 21.2 Å². The van der Waals surface area contributed by atoms with E-state index >= 15 is 0 Å². The van der Waals surface area contributed by atoms with Gasteiger partial charge in [-0.05, 0) is 19.1 Å². The van der Waals surface area contributed by atoms with E-state index in [4.69, 9.17) is 6.42 Å². The van der Waals surface area contributed by atoms with Crippen molar-refractivity contribution in [3.8, 4) is 12.3 Å². The van der Waals surface area contributed by atoms with Crippen molar-refractivity contribution in [2.24, 2.45) is 0 Å². The Morgan fingerprint density at radius 1 is 1.44 bits per heavy atom. The number of carbonyl (C=O) groups excluding carboxylic acids is 1. The number of rotatable bonds is 3. The van der Waals surface area contributed by atoms with Crippen molar-refractivity contribution in [1.82, 2.24) is 15.3 Å². The van der Waals surface area contributed by atoms with Gasteiger partial charge in [-0.3, -0.25) is 14.8 Å². The quantitative estimate of drug-likeness (QED) is 0.830. The van der Waals surface area contributed by atoms with E-state index in [1.807, 2.05) is 13.0 Å². The van der Waals surface area contributed by atoms with Gasteiger partial charge in [-0.15, -0.1) is 12.3 Å². The number of nitrogens with zero attached hydrogens (tertiary/aromatic N) is 2. The van der Waals surface area contributed by atoms with Crippen LogP contribution in [0.4, 0.5) is 0 Å². The van der Waals surface area contributed by atoms with Crippen LogP contribution in [0.5, 0.6) is 0 Å². The molecule has 0 spiro atoms. The van der Waals surface area contributed by atoms with Gasteiger partial charge in [-0.1, -0.05) is 6.07 Å². The van der Waals surface area contributed by atoms with Crippen LogP contribution in [0.15, 0.2) is 30.6 Å². The number of fused-ring (bicyclic) bond motifs is 1. The fourth-order valence-electron chi connectivity index (χ4n) is 1.71. The standard InChI is InChI=1S/C14H13N3O/c1-3-5-10(2)17-14(18)11-6-4-7-12-13(11)16-9-8-15-12/h1,4,6-10H,5H2,2H3,(H,17,18). The van der Waals surface area contributed by atoms with Gasteiger partial charge in [-0.2, -0.15) is 0 Å². The van der Waals surface area contributed by atoms with Gasteiger partial charge in [0.25, 0.3) is 5.91 Å². The van der Waals surface area contributed by atoms with E-state index in [1.165, 1.54) is 0 Å². The number of para-hydroxylation sites is 1. The second-order valence-electron chi connectivity index (χ2n) is 4.01. The maximum absolute atomic E-state index is 12.1. The highest BCUT2D eigenvalue weighted by Gasteiger charge is 2.13. The van der Waals surface area contributed by atoms with E-state index in [-0.39, 0.29) is 11.9 Å². The molecule has 0 fully saturated rings. The minimum atomic E-state index is -0.177. The Labute approximate surface area is 105 Å². The summed E-state index contributed by atoms with van der Waals surface area (Å²) >= 11 is 0. The molecule has 4 heteroatoms. The zero-order valence-corrected chi connectivity index (χ0v) is 10.1. The van der Waals surface area contributed by atoms with Crippen LogP contribution in [-0.2, 0) is 0 Å². The van der Waals surface area contributed by atoms with Gasteiger partial charge in [0.2, 0.25) is 0 Å². The molecule has 1 heterocycles. The van der Waals surface area contributed by atoms with E-state index in [1.54, 1.807) is 24.5 Å². The van der Waals surface area contributed by atoms with Crippen molar-refractivity contribution < 1.29 is 4.79 Å². The summed E-state index contributed by atoms with van der Waals surface area (Å²) in [5, 5.41) is 2.84. The zero-order valence-electron chi connectivity index (χ0n) is 10.1. The van der Waals surface area contributed by atoms with Crippen molar-refractivity contribution >= 4 is 16.9 Å². The van der Waals surface area contributed by atoms with E-state index in [0.29, 0.717) is 23.0 Å². The molecule has 0 aliphatic heterocycles. The number of benzene rings is 1. The van der Waals surface area contributed by atoms with Crippen LogP contribution in [0, 0.1) is 12.3 Å². The van der Waals surface area contributed by atoms with Crippen LogP contribution in [-0.4, -0.2) is 21.9 Å². The summed E-state index contributed by atoms with van der Waals surface area (Å²) in [6.45, 7) is 1.87. The summed E-state index contributed by atoms with van der Waals surface area (Å²) in [6, 6.07) is 5.28. The molecule has 0 aliphatic rings. The predicted octanol–water partition coefficient (Wildman–Crippen LogP) is 1.77. The average Bonchev–Trinajstić information content (AvgIpc) is 2.38. The highest BCUT2D eigenvalue weighted by molar-refractivity contribution is 6.04. The molecule has 0 bridgehead atoms. The maximum atomic E-state index is 12.1. The maximum Gasteiger partial charge on any atom is 0.253 e. The van der Waals surface area contributed by atoms with Crippen LogP contribution < -0.4 is 5.32 Å². The molecule has 90 valence electrons. The Balaban J connectivity index is 2.31. The Kier molecular flexibility index (Phi) is 3.54. The zero-order chi connectivity index (χ0) is 13.0. The van der Waals surface area contributed by atoms with Crippen molar-refractivity contribution in [1.29, 1.82) is 0 Å². The normalized spacial score (nSPS) is 11.8. The topological polar surface area (TPSA) is 54.9 Å². The number of hydrogen-bond acceptors (Lipinski definition) is 3. The number of aromatic nitrogens is 2. The molecule has 2 aromatic rings. The molecule has 4 nitrogen and oxygen atoms in total. The molecule has 1 atom stereocenters. The third-order valence-electron chi connectivity index (χ3n) is 2.54. The van der Waals surface area contributed by atoms with Crippen LogP contribution >= 0.6 is 0 Å². The van der Waals surface area contributed by atoms with E-state index < -0.39 is 0 Å². The molecule has 1 aromatic heterocycles. The lowest BCUT2D eigenvalue weighted by Gasteiger charge is -2.11. The van der Waals surface area contributed by atoms with Crippen LogP contribution in [0.2, 0.25) is 0 Å². The summed E-state index contributed by atoms with van der Waals surface area (Å²) in [7, 11) is 0. The Bertz CT molecular complexity index is 610. The average molecular weight is 239 g/mol. The van der Waals surface area contributed by atoms with Crippen molar-refractivity contribution in [2.75, 3.05) is 0 Å². The number of terminal acetylenes is 1. The fraction of sp³-hybridized carbons (Fsp3) is 0.214. The van der Waals surface area contributed by atoms with Gasteiger partial charge in [0.1, 0.15) is 5.52 Å². The summed E-state index contributed by atoms with van der Waals surface area (Å²) < 4.78 is 0. The number of carbonyl (C=O) groups is 1. The Morgan fingerprint density at radius 2 is 2.22 bits per heavy atom. The van der Waals surface area contributed by atoms with Crippen molar-refractivity contribution in [3.63, 3.8) is 0 Å². The smallest absolute Gasteiger partial charge is 0.253 e. The van der Waals surface area contributed by atoms with Gasteiger partial charge >= 0.3 is 0 Å². The van der Waals surface area contributed by atoms with Crippen molar-refractivity contribution in [2.45, 2.75) is 19.4 Å². The molecule has 18 heavy (non-hydrogen) atoms. The van der Waals surface area contributed by atoms with Gasteiger partial charge in [0, 0.05) is 24.9 Å². The summed E-state index contributed by atoms with van der Waals surface area (Å²) in [5.41, 5.74) is 1.82. The summed E-state index contributed by atoms with van der Waals surface area (Å²) in [4.78, 5) is 20.5. The Hall–Kier alpha value is -2.41. The Morgan fingerprint density at radius 3 is 3.00 bits per heavy atom. The highest BCUT2D eigenvalue weighted by Crippen LogP contribution is 2.13. The number of hydrogen-bond donors (Lipinski definition) is 1. The van der Waals surface area contributed by atoms with Gasteiger partial charge in [0.15, 0.2) is 0 Å². The lowest BCUT2D eigenvalue weighted by Crippen LogP contribution is -2.32. The lowest BCUT2D eigenvalue weighted by atomic mass is 10.1. The van der Waals surface area contributed by atoms with Gasteiger partial charge in [-0.25, -0.2) is 0 Å². The second-order valence-corrected chi connectivity index (χ2v) is 4.01. The molecule has 0 saturated heterocycles. The molecule has 1 unspecified atom stereocenters. The number of nitrogens with one attached hydrogen (secondary N) is 1. The molecular formula is C14H13N3O. The molecule has 1 amide bonds. The first-order valence-electron chi connectivity index (χ1n) is 5.66. The first-order valence-corrected chi connectivity index (χ1v) is 5.66. The van der Waals surface area contributed by atoms with Crippen LogP contribution in [0.1, 0.15) is 23.7 Å². The molecule has 1 aromatic carbocycles. The van der Waals surface area contributed by atoms with Gasteiger partial charge in [0.05, 0.1) is 11.1 Å². The molecule has 0 aliphatic carbocycles. The lowest BCUT2D eigenvalue weighted by molar-refractivity contribution is 0.0942. The van der Waals surface area contributed by atoms with E-state index in [9.17, 15) is 4.79 Å². The largest absolute Gasteiger partial charge is 0.349 e. The first kappa shape index (κ1) is 12.1. The highest BCUT2D eigenvalue weighted by atomic mass is 16.1. The minimum absolute atomic E-state index is 0.0607. The summed E-state index contributed by atoms with van der Waals surface area (Å²) in [5.74, 6) is 2.34. The number of amides is 1. The van der Waals surface area contributed by atoms with Crippen LogP contribution in [0.3, 0.4) is 0 Å². The predicted molar refractivity (Wildman–Crippen MR) is 69.9 cm³/mol.